The molecule has 132 valence electrons. The van der Waals surface area contributed by atoms with Gasteiger partial charge >= 0.3 is 0 Å². The molecule has 0 bridgehead atoms. The molecule has 1 fully saturated rings. The van der Waals surface area contributed by atoms with Gasteiger partial charge in [0.15, 0.2) is 0 Å². The van der Waals surface area contributed by atoms with Crippen LogP contribution < -0.4 is 19.7 Å². The average molecular weight is 363 g/mol. The van der Waals surface area contributed by atoms with Gasteiger partial charge in [-0.2, -0.15) is 0 Å². The van der Waals surface area contributed by atoms with E-state index in [2.05, 4.69) is 20.2 Å². The van der Waals surface area contributed by atoms with E-state index in [1.165, 1.54) is 20.5 Å². The molecule has 0 radical (unpaired) electrons. The fourth-order valence-corrected chi connectivity index (χ4v) is 2.97. The standard InChI is InChI=1S/C17H19ClN4O3/c1-24-14-8-12(15(25-2)7-11(14)18)21-17(23)13-9-16(20-10-19-13)22-5-3-4-6-22/h7-10H,3-6H2,1-2H3,(H,21,23). The molecule has 0 unspecified atom stereocenters. The predicted octanol–water partition coefficient (Wildman–Crippen LogP) is 3.00. The Morgan fingerprint density at radius 3 is 2.52 bits per heavy atom. The van der Waals surface area contributed by atoms with Crippen molar-refractivity contribution in [1.29, 1.82) is 0 Å². The summed E-state index contributed by atoms with van der Waals surface area (Å²) >= 11 is 6.08. The topological polar surface area (TPSA) is 76.6 Å². The smallest absolute Gasteiger partial charge is 0.274 e. The zero-order valence-electron chi connectivity index (χ0n) is 14.1. The number of anilines is 2. The summed E-state index contributed by atoms with van der Waals surface area (Å²) in [7, 11) is 3.01. The highest BCUT2D eigenvalue weighted by Crippen LogP contribution is 2.36. The fourth-order valence-electron chi connectivity index (χ4n) is 2.73. The molecule has 0 saturated carbocycles. The molecule has 0 aliphatic carbocycles. The number of aromatic nitrogens is 2. The molecule has 7 nitrogen and oxygen atoms in total. The van der Waals surface area contributed by atoms with Gasteiger partial charge in [0.1, 0.15) is 29.3 Å². The maximum atomic E-state index is 12.6. The van der Waals surface area contributed by atoms with E-state index in [1.54, 1.807) is 18.2 Å². The Morgan fingerprint density at radius 1 is 1.12 bits per heavy atom. The number of halogens is 1. The number of methoxy groups -OCH3 is 2. The van der Waals surface area contributed by atoms with Gasteiger partial charge in [0.05, 0.1) is 24.9 Å². The van der Waals surface area contributed by atoms with Crippen molar-refractivity contribution in [1.82, 2.24) is 9.97 Å². The summed E-state index contributed by atoms with van der Waals surface area (Å²) in [6.45, 7) is 1.89. The molecule has 1 saturated heterocycles. The predicted molar refractivity (Wildman–Crippen MR) is 96.0 cm³/mol. The molecule has 25 heavy (non-hydrogen) atoms. The third-order valence-electron chi connectivity index (χ3n) is 4.04. The Labute approximate surface area is 150 Å². The van der Waals surface area contributed by atoms with Crippen molar-refractivity contribution in [2.24, 2.45) is 0 Å². The number of benzene rings is 1. The first-order valence-electron chi connectivity index (χ1n) is 7.92. The Balaban J connectivity index is 1.84. The molecule has 1 aliphatic rings. The first-order valence-corrected chi connectivity index (χ1v) is 8.30. The van der Waals surface area contributed by atoms with Crippen LogP contribution in [0, 0.1) is 0 Å². The SMILES string of the molecule is COc1cc(NC(=O)c2cc(N3CCCC3)ncn2)c(OC)cc1Cl. The number of nitrogens with one attached hydrogen (secondary N) is 1. The zero-order chi connectivity index (χ0) is 17.8. The minimum atomic E-state index is -0.356. The van der Waals surface area contributed by atoms with E-state index in [4.69, 9.17) is 21.1 Å². The summed E-state index contributed by atoms with van der Waals surface area (Å²) in [5.74, 6) is 1.29. The van der Waals surface area contributed by atoms with Crippen LogP contribution in [0.1, 0.15) is 23.3 Å². The lowest BCUT2D eigenvalue weighted by Crippen LogP contribution is -2.21. The minimum absolute atomic E-state index is 0.285. The van der Waals surface area contributed by atoms with Gasteiger partial charge in [-0.05, 0) is 12.8 Å². The van der Waals surface area contributed by atoms with Crippen LogP contribution in [0.25, 0.3) is 0 Å². The largest absolute Gasteiger partial charge is 0.495 e. The molecule has 1 aromatic carbocycles. The summed E-state index contributed by atoms with van der Waals surface area (Å²) in [6.07, 6.45) is 3.67. The van der Waals surface area contributed by atoms with Gasteiger partial charge in [-0.1, -0.05) is 11.6 Å². The second-order valence-corrected chi connectivity index (χ2v) is 6.00. The maximum Gasteiger partial charge on any atom is 0.274 e. The lowest BCUT2D eigenvalue weighted by Gasteiger charge is -2.16. The van der Waals surface area contributed by atoms with Crippen LogP contribution in [0.3, 0.4) is 0 Å². The summed E-state index contributed by atoms with van der Waals surface area (Å²) in [5.41, 5.74) is 0.739. The van der Waals surface area contributed by atoms with Crippen LogP contribution in [0.4, 0.5) is 11.5 Å². The quantitative estimate of drug-likeness (QED) is 0.881. The highest BCUT2D eigenvalue weighted by molar-refractivity contribution is 6.32. The summed E-state index contributed by atoms with van der Waals surface area (Å²) in [5, 5.41) is 3.18. The first-order chi connectivity index (χ1) is 12.1. The van der Waals surface area contributed by atoms with Crippen LogP contribution in [0.2, 0.25) is 5.02 Å². The van der Waals surface area contributed by atoms with E-state index in [9.17, 15) is 4.79 Å². The number of carbonyl (C=O) groups excluding carboxylic acids is 1. The maximum absolute atomic E-state index is 12.6. The van der Waals surface area contributed by atoms with Crippen molar-refractivity contribution >= 4 is 29.0 Å². The van der Waals surface area contributed by atoms with E-state index in [-0.39, 0.29) is 11.6 Å². The Hall–Kier alpha value is -2.54. The highest BCUT2D eigenvalue weighted by atomic mass is 35.5. The van der Waals surface area contributed by atoms with Gasteiger partial charge in [0.25, 0.3) is 5.91 Å². The number of ether oxygens (including phenoxy) is 2. The summed E-state index contributed by atoms with van der Waals surface area (Å²) in [6, 6.07) is 4.90. The number of nitrogens with zero attached hydrogens (tertiary/aromatic N) is 3. The van der Waals surface area contributed by atoms with Gasteiger partial charge in [0.2, 0.25) is 0 Å². The second-order valence-electron chi connectivity index (χ2n) is 5.60. The van der Waals surface area contributed by atoms with Crippen molar-refractivity contribution in [2.45, 2.75) is 12.8 Å². The molecule has 1 N–H and O–H groups in total. The van der Waals surface area contributed by atoms with Crippen molar-refractivity contribution < 1.29 is 14.3 Å². The lowest BCUT2D eigenvalue weighted by atomic mass is 10.2. The van der Waals surface area contributed by atoms with E-state index >= 15 is 0 Å². The molecule has 1 aliphatic heterocycles. The third kappa shape index (κ3) is 3.76. The highest BCUT2D eigenvalue weighted by Gasteiger charge is 2.18. The van der Waals surface area contributed by atoms with Crippen molar-refractivity contribution in [2.75, 3.05) is 37.5 Å². The van der Waals surface area contributed by atoms with Crippen molar-refractivity contribution in [3.05, 3.63) is 35.2 Å². The number of rotatable bonds is 5. The van der Waals surface area contributed by atoms with E-state index in [1.807, 2.05) is 0 Å². The van der Waals surface area contributed by atoms with Crippen molar-refractivity contribution in [3.8, 4) is 11.5 Å². The summed E-state index contributed by atoms with van der Waals surface area (Å²) in [4.78, 5) is 23.1. The number of carbonyl (C=O) groups is 1. The van der Waals surface area contributed by atoms with Crippen molar-refractivity contribution in [3.63, 3.8) is 0 Å². The van der Waals surface area contributed by atoms with Gasteiger partial charge < -0.3 is 19.7 Å². The number of amides is 1. The van der Waals surface area contributed by atoms with Gasteiger partial charge in [-0.15, -0.1) is 0 Å². The van der Waals surface area contributed by atoms with Crippen LogP contribution in [-0.4, -0.2) is 43.2 Å². The Bertz CT molecular complexity index is 778. The first kappa shape index (κ1) is 17.3. The second kappa shape index (κ2) is 7.57. The number of hydrogen-bond donors (Lipinski definition) is 1. The average Bonchev–Trinajstić information content (AvgIpc) is 3.17. The molecule has 1 aromatic heterocycles. The van der Waals surface area contributed by atoms with Gasteiger partial charge in [-0.25, -0.2) is 9.97 Å². The van der Waals surface area contributed by atoms with Crippen LogP contribution in [0.15, 0.2) is 24.5 Å². The molecule has 3 rings (SSSR count). The lowest BCUT2D eigenvalue weighted by molar-refractivity contribution is 0.102. The molecule has 1 amide bonds. The molecule has 8 heteroatoms. The molecule has 2 aromatic rings. The van der Waals surface area contributed by atoms with Crippen LogP contribution >= 0.6 is 11.6 Å². The van der Waals surface area contributed by atoms with Gasteiger partial charge in [0, 0.05) is 31.3 Å². The monoisotopic (exact) mass is 362 g/mol. The normalized spacial score (nSPS) is 13.6. The Kier molecular flexibility index (Phi) is 5.23. The molecule has 0 atom stereocenters. The Morgan fingerprint density at radius 2 is 1.84 bits per heavy atom. The van der Waals surface area contributed by atoms with E-state index in [0.717, 1.165) is 31.7 Å². The molecular formula is C17H19ClN4O3. The van der Waals surface area contributed by atoms with E-state index < -0.39 is 0 Å². The van der Waals surface area contributed by atoms with Crippen LogP contribution in [0.5, 0.6) is 11.5 Å². The summed E-state index contributed by atoms with van der Waals surface area (Å²) < 4.78 is 10.5. The third-order valence-corrected chi connectivity index (χ3v) is 4.33. The molecular weight excluding hydrogens is 344 g/mol. The number of hydrogen-bond acceptors (Lipinski definition) is 6. The fraction of sp³-hybridized carbons (Fsp3) is 0.353. The van der Waals surface area contributed by atoms with Gasteiger partial charge in [-0.3, -0.25) is 4.79 Å². The van der Waals surface area contributed by atoms with Crippen LogP contribution in [-0.2, 0) is 0 Å². The zero-order valence-corrected chi connectivity index (χ0v) is 14.8. The van der Waals surface area contributed by atoms with E-state index in [0.29, 0.717) is 22.2 Å². The molecule has 2 heterocycles. The minimum Gasteiger partial charge on any atom is -0.495 e. The molecule has 0 spiro atoms.